The molecule has 0 aliphatic heterocycles. The molecule has 2 atom stereocenters. The zero-order valence-electron chi connectivity index (χ0n) is 9.33. The van der Waals surface area contributed by atoms with Crippen LogP contribution in [0.2, 0.25) is 0 Å². The molecule has 1 N–H and O–H groups in total. The number of aliphatic hydroxyl groups excluding tert-OH is 1. The van der Waals surface area contributed by atoms with Gasteiger partial charge in [-0.25, -0.2) is 4.39 Å². The Hall–Kier alpha value is -0.930. The van der Waals surface area contributed by atoms with E-state index >= 15 is 0 Å². The molecule has 0 aliphatic carbocycles. The van der Waals surface area contributed by atoms with Crippen molar-refractivity contribution in [1.82, 2.24) is 0 Å². The number of ether oxygens (including phenoxy) is 1. The van der Waals surface area contributed by atoms with Crippen molar-refractivity contribution in [2.45, 2.75) is 20.0 Å². The monoisotopic (exact) mass is 212 g/mol. The highest BCUT2D eigenvalue weighted by Gasteiger charge is 2.18. The van der Waals surface area contributed by atoms with E-state index in [0.717, 1.165) is 11.1 Å². The normalized spacial score (nSPS) is 15.0. The summed E-state index contributed by atoms with van der Waals surface area (Å²) in [5.41, 5.74) is 1.53. The summed E-state index contributed by atoms with van der Waals surface area (Å²) in [5.74, 6) is -0.276. The van der Waals surface area contributed by atoms with Gasteiger partial charge in [-0.3, -0.25) is 0 Å². The fourth-order valence-electron chi connectivity index (χ4n) is 1.63. The lowest BCUT2D eigenvalue weighted by Gasteiger charge is -2.20. The van der Waals surface area contributed by atoms with Crippen molar-refractivity contribution < 1.29 is 14.2 Å². The fraction of sp³-hybridized carbons (Fsp3) is 0.500. The summed E-state index contributed by atoms with van der Waals surface area (Å²) < 4.78 is 17.8. The molecular formula is C12H17FO2. The lowest BCUT2D eigenvalue weighted by atomic mass is 9.94. The van der Waals surface area contributed by atoms with Crippen LogP contribution in [0.25, 0.3) is 0 Å². The Morgan fingerprint density at radius 2 is 2.13 bits per heavy atom. The van der Waals surface area contributed by atoms with Crippen molar-refractivity contribution in [2.75, 3.05) is 13.7 Å². The van der Waals surface area contributed by atoms with Gasteiger partial charge in [-0.15, -0.1) is 0 Å². The maximum absolute atomic E-state index is 12.9. The Morgan fingerprint density at radius 1 is 1.47 bits per heavy atom. The van der Waals surface area contributed by atoms with Gasteiger partial charge in [0.2, 0.25) is 0 Å². The molecule has 15 heavy (non-hydrogen) atoms. The molecule has 0 bridgehead atoms. The first-order chi connectivity index (χ1) is 7.06. The average molecular weight is 212 g/mol. The van der Waals surface area contributed by atoms with E-state index in [4.69, 9.17) is 4.74 Å². The van der Waals surface area contributed by atoms with E-state index in [-0.39, 0.29) is 11.7 Å². The molecule has 0 aromatic heterocycles. The second kappa shape index (κ2) is 5.24. The molecule has 1 rings (SSSR count). The summed E-state index contributed by atoms with van der Waals surface area (Å²) >= 11 is 0. The summed E-state index contributed by atoms with van der Waals surface area (Å²) in [5, 5.41) is 9.99. The third-order valence-electron chi connectivity index (χ3n) is 2.52. The number of methoxy groups -OCH3 is 1. The van der Waals surface area contributed by atoms with Crippen LogP contribution in [-0.2, 0) is 4.74 Å². The third kappa shape index (κ3) is 3.01. The summed E-state index contributed by atoms with van der Waals surface area (Å²) in [6.45, 7) is 4.18. The van der Waals surface area contributed by atoms with Gasteiger partial charge in [-0.1, -0.05) is 13.0 Å². The maximum atomic E-state index is 12.9. The van der Waals surface area contributed by atoms with E-state index in [1.54, 1.807) is 20.1 Å². The lowest BCUT2D eigenvalue weighted by Crippen LogP contribution is -2.15. The van der Waals surface area contributed by atoms with Gasteiger partial charge >= 0.3 is 0 Å². The van der Waals surface area contributed by atoms with Crippen LogP contribution in [0.5, 0.6) is 0 Å². The number of halogens is 1. The highest BCUT2D eigenvalue weighted by atomic mass is 19.1. The van der Waals surface area contributed by atoms with E-state index in [1.807, 2.05) is 6.92 Å². The maximum Gasteiger partial charge on any atom is 0.123 e. The number of aliphatic hydroxyl groups is 1. The molecule has 1 aromatic rings. The SMILES string of the molecule is COCC(C)C(O)c1ccc(F)cc1C. The number of hydrogen-bond donors (Lipinski definition) is 1. The molecule has 0 spiro atoms. The number of rotatable bonds is 4. The van der Waals surface area contributed by atoms with Gasteiger partial charge < -0.3 is 9.84 Å². The van der Waals surface area contributed by atoms with Crippen molar-refractivity contribution in [3.63, 3.8) is 0 Å². The Kier molecular flexibility index (Phi) is 4.24. The van der Waals surface area contributed by atoms with Gasteiger partial charge in [0.25, 0.3) is 0 Å². The molecule has 1 aromatic carbocycles. The van der Waals surface area contributed by atoms with Gasteiger partial charge in [0, 0.05) is 13.0 Å². The molecule has 0 saturated carbocycles. The van der Waals surface area contributed by atoms with Crippen LogP contribution in [0.1, 0.15) is 24.2 Å². The van der Waals surface area contributed by atoms with Gasteiger partial charge in [-0.05, 0) is 30.2 Å². The molecule has 0 amide bonds. The largest absolute Gasteiger partial charge is 0.388 e. The van der Waals surface area contributed by atoms with Crippen LogP contribution in [0.3, 0.4) is 0 Å². The Bertz CT molecular complexity index is 325. The molecule has 0 radical (unpaired) electrons. The van der Waals surface area contributed by atoms with Crippen LogP contribution in [0.15, 0.2) is 18.2 Å². The van der Waals surface area contributed by atoms with Gasteiger partial charge in [-0.2, -0.15) is 0 Å². The first-order valence-corrected chi connectivity index (χ1v) is 4.99. The third-order valence-corrected chi connectivity index (χ3v) is 2.52. The van der Waals surface area contributed by atoms with Gasteiger partial charge in [0.05, 0.1) is 12.7 Å². The summed E-state index contributed by atoms with van der Waals surface area (Å²) in [6, 6.07) is 4.42. The summed E-state index contributed by atoms with van der Waals surface area (Å²) in [6.07, 6.45) is -0.606. The second-order valence-corrected chi connectivity index (χ2v) is 3.88. The topological polar surface area (TPSA) is 29.5 Å². The van der Waals surface area contributed by atoms with Crippen LogP contribution in [0, 0.1) is 18.7 Å². The Labute approximate surface area is 89.7 Å². The molecular weight excluding hydrogens is 195 g/mol. The number of aryl methyl sites for hydroxylation is 1. The standard InChI is InChI=1S/C12H17FO2/c1-8-6-10(13)4-5-11(8)12(14)9(2)7-15-3/h4-6,9,12,14H,7H2,1-3H3. The van der Waals surface area contributed by atoms with E-state index < -0.39 is 6.10 Å². The van der Waals surface area contributed by atoms with Gasteiger partial charge in [0.15, 0.2) is 0 Å². The van der Waals surface area contributed by atoms with E-state index in [2.05, 4.69) is 0 Å². The highest BCUT2D eigenvalue weighted by molar-refractivity contribution is 5.28. The second-order valence-electron chi connectivity index (χ2n) is 3.88. The minimum absolute atomic E-state index is 0.000777. The minimum Gasteiger partial charge on any atom is -0.388 e. The minimum atomic E-state index is -0.606. The van der Waals surface area contributed by atoms with Crippen molar-refractivity contribution in [3.8, 4) is 0 Å². The average Bonchev–Trinajstić information content (AvgIpc) is 2.17. The highest BCUT2D eigenvalue weighted by Crippen LogP contribution is 2.25. The van der Waals surface area contributed by atoms with Crippen LogP contribution in [-0.4, -0.2) is 18.8 Å². The zero-order chi connectivity index (χ0) is 11.4. The van der Waals surface area contributed by atoms with E-state index in [9.17, 15) is 9.50 Å². The first-order valence-electron chi connectivity index (χ1n) is 4.99. The van der Waals surface area contributed by atoms with E-state index in [0.29, 0.717) is 6.61 Å². The fourth-order valence-corrected chi connectivity index (χ4v) is 1.63. The van der Waals surface area contributed by atoms with Gasteiger partial charge in [0.1, 0.15) is 5.82 Å². The predicted octanol–water partition coefficient (Wildman–Crippen LogP) is 2.45. The van der Waals surface area contributed by atoms with E-state index in [1.165, 1.54) is 12.1 Å². The molecule has 0 aliphatic rings. The molecule has 84 valence electrons. The summed E-state index contributed by atoms with van der Waals surface area (Å²) in [7, 11) is 1.60. The quantitative estimate of drug-likeness (QED) is 0.830. The molecule has 2 unspecified atom stereocenters. The molecule has 2 nitrogen and oxygen atoms in total. The number of hydrogen-bond acceptors (Lipinski definition) is 2. The Balaban J connectivity index is 2.86. The molecule has 0 saturated heterocycles. The summed E-state index contributed by atoms with van der Waals surface area (Å²) in [4.78, 5) is 0. The van der Waals surface area contributed by atoms with Crippen molar-refractivity contribution in [1.29, 1.82) is 0 Å². The number of benzene rings is 1. The van der Waals surface area contributed by atoms with Crippen LogP contribution >= 0.6 is 0 Å². The first kappa shape index (κ1) is 12.1. The van der Waals surface area contributed by atoms with Crippen molar-refractivity contribution in [2.24, 2.45) is 5.92 Å². The molecule has 0 heterocycles. The smallest absolute Gasteiger partial charge is 0.123 e. The van der Waals surface area contributed by atoms with Crippen molar-refractivity contribution >= 4 is 0 Å². The Morgan fingerprint density at radius 3 is 2.67 bits per heavy atom. The molecule has 0 fully saturated rings. The zero-order valence-corrected chi connectivity index (χ0v) is 9.33. The van der Waals surface area contributed by atoms with Crippen LogP contribution in [0.4, 0.5) is 4.39 Å². The van der Waals surface area contributed by atoms with Crippen molar-refractivity contribution in [3.05, 3.63) is 35.1 Å². The predicted molar refractivity (Wildman–Crippen MR) is 57.1 cm³/mol. The van der Waals surface area contributed by atoms with Crippen LogP contribution < -0.4 is 0 Å². The lowest BCUT2D eigenvalue weighted by molar-refractivity contribution is 0.0562. The molecule has 3 heteroatoms.